The molecule has 0 aromatic carbocycles. The minimum atomic E-state index is -0.0499. The molecule has 1 heterocycles. The van der Waals surface area contributed by atoms with Crippen LogP contribution in [-0.2, 0) is 10.2 Å². The lowest BCUT2D eigenvalue weighted by atomic mass is 9.96. The van der Waals surface area contributed by atoms with E-state index in [0.29, 0.717) is 23.4 Å². The summed E-state index contributed by atoms with van der Waals surface area (Å²) in [6.07, 6.45) is 0. The highest BCUT2D eigenvalue weighted by Crippen LogP contribution is 2.20. The van der Waals surface area contributed by atoms with Gasteiger partial charge in [0, 0.05) is 12.0 Å². The van der Waals surface area contributed by atoms with Crippen LogP contribution in [0.3, 0.4) is 0 Å². The van der Waals surface area contributed by atoms with E-state index in [-0.39, 0.29) is 11.3 Å². The summed E-state index contributed by atoms with van der Waals surface area (Å²) in [6.45, 7) is 11.0. The second-order valence-electron chi connectivity index (χ2n) is 5.70. The van der Waals surface area contributed by atoms with Crippen LogP contribution in [0, 0.1) is 5.92 Å². The van der Waals surface area contributed by atoms with Crippen LogP contribution in [0.25, 0.3) is 0 Å². The van der Waals surface area contributed by atoms with Crippen LogP contribution in [-0.4, -0.2) is 33.4 Å². The monoisotopic (exact) mass is 270 g/mol. The minimum Gasteiger partial charge on any atom is -0.355 e. The molecule has 0 spiro atoms. The molecular formula is C12H22N4OS. The third kappa shape index (κ3) is 5.08. The van der Waals surface area contributed by atoms with Gasteiger partial charge in [-0.1, -0.05) is 46.4 Å². The van der Waals surface area contributed by atoms with E-state index in [1.807, 2.05) is 0 Å². The van der Waals surface area contributed by atoms with Crippen LogP contribution in [0.15, 0.2) is 5.16 Å². The first kappa shape index (κ1) is 15.0. The van der Waals surface area contributed by atoms with Gasteiger partial charge < -0.3 is 5.32 Å². The fourth-order valence-corrected chi connectivity index (χ4v) is 1.77. The van der Waals surface area contributed by atoms with Gasteiger partial charge in [0.15, 0.2) is 0 Å². The SMILES string of the molecule is CC(C)CNC(=O)CSc1n[nH]c(C(C)(C)C)n1. The van der Waals surface area contributed by atoms with Gasteiger partial charge >= 0.3 is 0 Å². The van der Waals surface area contributed by atoms with Crippen molar-refractivity contribution in [2.75, 3.05) is 12.3 Å². The molecule has 6 heteroatoms. The average Bonchev–Trinajstić information content (AvgIpc) is 2.71. The van der Waals surface area contributed by atoms with Crippen molar-refractivity contribution >= 4 is 17.7 Å². The smallest absolute Gasteiger partial charge is 0.230 e. The molecule has 1 aromatic rings. The Balaban J connectivity index is 2.40. The van der Waals surface area contributed by atoms with E-state index in [1.54, 1.807) is 0 Å². The summed E-state index contributed by atoms with van der Waals surface area (Å²) in [6, 6.07) is 0. The Labute approximate surface area is 113 Å². The molecule has 0 fully saturated rings. The number of aromatic nitrogens is 3. The van der Waals surface area contributed by atoms with Gasteiger partial charge in [-0.25, -0.2) is 4.98 Å². The number of thioether (sulfide) groups is 1. The third-order valence-electron chi connectivity index (χ3n) is 2.22. The molecule has 0 aliphatic carbocycles. The Morgan fingerprint density at radius 2 is 2.11 bits per heavy atom. The predicted octanol–water partition coefficient (Wildman–Crippen LogP) is 1.97. The zero-order chi connectivity index (χ0) is 13.8. The fraction of sp³-hybridized carbons (Fsp3) is 0.750. The number of nitrogens with zero attached hydrogens (tertiary/aromatic N) is 2. The van der Waals surface area contributed by atoms with Gasteiger partial charge in [0.25, 0.3) is 0 Å². The summed E-state index contributed by atoms with van der Waals surface area (Å²) >= 11 is 1.35. The molecule has 0 unspecified atom stereocenters. The molecule has 0 radical (unpaired) electrons. The quantitative estimate of drug-likeness (QED) is 0.802. The van der Waals surface area contributed by atoms with E-state index in [4.69, 9.17) is 0 Å². The molecule has 5 nitrogen and oxygen atoms in total. The van der Waals surface area contributed by atoms with Gasteiger partial charge in [-0.15, -0.1) is 5.10 Å². The van der Waals surface area contributed by atoms with Gasteiger partial charge in [-0.05, 0) is 5.92 Å². The predicted molar refractivity (Wildman–Crippen MR) is 73.7 cm³/mol. The lowest BCUT2D eigenvalue weighted by Gasteiger charge is -2.12. The summed E-state index contributed by atoms with van der Waals surface area (Å²) in [5.41, 5.74) is -0.0499. The summed E-state index contributed by atoms with van der Waals surface area (Å²) in [7, 11) is 0. The largest absolute Gasteiger partial charge is 0.355 e. The molecule has 0 saturated heterocycles. The summed E-state index contributed by atoms with van der Waals surface area (Å²) < 4.78 is 0. The number of nitrogens with one attached hydrogen (secondary N) is 2. The second-order valence-corrected chi connectivity index (χ2v) is 6.65. The second kappa shape index (κ2) is 6.22. The number of H-pyrrole nitrogens is 1. The zero-order valence-electron chi connectivity index (χ0n) is 11.7. The standard InChI is InChI=1S/C12H22N4OS/c1-8(2)6-13-9(17)7-18-11-14-10(15-16-11)12(3,4)5/h8H,6-7H2,1-5H3,(H,13,17)(H,14,15,16). The number of carbonyl (C=O) groups excluding carboxylic acids is 1. The van der Waals surface area contributed by atoms with E-state index < -0.39 is 0 Å². The zero-order valence-corrected chi connectivity index (χ0v) is 12.5. The molecule has 102 valence electrons. The summed E-state index contributed by atoms with van der Waals surface area (Å²) in [5, 5.41) is 10.5. The van der Waals surface area contributed by atoms with E-state index in [9.17, 15) is 4.79 Å². The van der Waals surface area contributed by atoms with E-state index in [2.05, 4.69) is 55.1 Å². The highest BCUT2D eigenvalue weighted by atomic mass is 32.2. The molecule has 1 rings (SSSR count). The number of rotatable bonds is 5. The number of carbonyl (C=O) groups is 1. The molecular weight excluding hydrogens is 248 g/mol. The van der Waals surface area contributed by atoms with Crippen molar-refractivity contribution in [3.8, 4) is 0 Å². The molecule has 0 aliphatic heterocycles. The lowest BCUT2D eigenvalue weighted by molar-refractivity contribution is -0.118. The lowest BCUT2D eigenvalue weighted by Crippen LogP contribution is -2.28. The van der Waals surface area contributed by atoms with Gasteiger partial charge in [-0.3, -0.25) is 9.89 Å². The van der Waals surface area contributed by atoms with Gasteiger partial charge in [0.05, 0.1) is 5.75 Å². The van der Waals surface area contributed by atoms with Crippen molar-refractivity contribution in [3.63, 3.8) is 0 Å². The van der Waals surface area contributed by atoms with Gasteiger partial charge in [0.1, 0.15) is 5.82 Å². The Bertz CT molecular complexity index is 395. The highest BCUT2D eigenvalue weighted by molar-refractivity contribution is 7.99. The number of amides is 1. The van der Waals surface area contributed by atoms with Crippen LogP contribution in [0.5, 0.6) is 0 Å². The molecule has 1 amide bonds. The summed E-state index contributed by atoms with van der Waals surface area (Å²) in [4.78, 5) is 15.9. The minimum absolute atomic E-state index is 0.0239. The third-order valence-corrected chi connectivity index (χ3v) is 3.06. The van der Waals surface area contributed by atoms with Gasteiger partial charge in [-0.2, -0.15) is 0 Å². The molecule has 1 aromatic heterocycles. The maximum Gasteiger partial charge on any atom is 0.230 e. The molecule has 0 atom stereocenters. The van der Waals surface area contributed by atoms with Crippen molar-refractivity contribution in [2.45, 2.75) is 45.2 Å². The van der Waals surface area contributed by atoms with Crippen LogP contribution in [0.2, 0.25) is 0 Å². The van der Waals surface area contributed by atoms with Crippen LogP contribution >= 0.6 is 11.8 Å². The van der Waals surface area contributed by atoms with Crippen molar-refractivity contribution in [3.05, 3.63) is 5.82 Å². The first-order valence-electron chi connectivity index (χ1n) is 6.11. The van der Waals surface area contributed by atoms with E-state index in [1.165, 1.54) is 11.8 Å². The molecule has 0 saturated carbocycles. The van der Waals surface area contributed by atoms with Crippen molar-refractivity contribution in [1.82, 2.24) is 20.5 Å². The van der Waals surface area contributed by atoms with Crippen LogP contribution in [0.4, 0.5) is 0 Å². The molecule has 0 aliphatic rings. The normalized spacial score (nSPS) is 11.9. The summed E-state index contributed by atoms with van der Waals surface area (Å²) in [5.74, 6) is 1.69. The Morgan fingerprint density at radius 3 is 2.61 bits per heavy atom. The van der Waals surface area contributed by atoms with Crippen LogP contribution in [0.1, 0.15) is 40.4 Å². The first-order valence-corrected chi connectivity index (χ1v) is 7.10. The van der Waals surface area contributed by atoms with E-state index in [0.717, 1.165) is 5.82 Å². The van der Waals surface area contributed by atoms with Crippen molar-refractivity contribution in [2.24, 2.45) is 5.92 Å². The van der Waals surface area contributed by atoms with Crippen LogP contribution < -0.4 is 5.32 Å². The number of hydrogen-bond acceptors (Lipinski definition) is 4. The maximum atomic E-state index is 11.5. The molecule has 2 N–H and O–H groups in total. The number of hydrogen-bond donors (Lipinski definition) is 2. The first-order chi connectivity index (χ1) is 8.29. The molecule has 0 bridgehead atoms. The van der Waals surface area contributed by atoms with E-state index >= 15 is 0 Å². The average molecular weight is 270 g/mol. The Hall–Kier alpha value is -1.04. The number of aromatic amines is 1. The topological polar surface area (TPSA) is 70.7 Å². The Morgan fingerprint density at radius 1 is 1.44 bits per heavy atom. The van der Waals surface area contributed by atoms with Crippen molar-refractivity contribution < 1.29 is 4.79 Å². The maximum absolute atomic E-state index is 11.5. The highest BCUT2D eigenvalue weighted by Gasteiger charge is 2.19. The Kier molecular flexibility index (Phi) is 5.19. The fourth-order valence-electron chi connectivity index (χ4n) is 1.15. The van der Waals surface area contributed by atoms with Gasteiger partial charge in [0.2, 0.25) is 11.1 Å². The molecule has 18 heavy (non-hydrogen) atoms. The van der Waals surface area contributed by atoms with Crippen molar-refractivity contribution in [1.29, 1.82) is 0 Å².